The van der Waals surface area contributed by atoms with Crippen molar-refractivity contribution in [1.29, 1.82) is 0 Å². The van der Waals surface area contributed by atoms with Crippen molar-refractivity contribution in [3.63, 3.8) is 0 Å². The number of fused-ring (bicyclic) bond motifs is 2. The molecular formula is C20H24FN3. The van der Waals surface area contributed by atoms with Gasteiger partial charge in [0, 0.05) is 37.9 Å². The maximum atomic E-state index is 13.2. The molecule has 0 bridgehead atoms. The van der Waals surface area contributed by atoms with Crippen LogP contribution in [0.15, 0.2) is 42.7 Å². The molecule has 0 aliphatic carbocycles. The first-order valence-corrected chi connectivity index (χ1v) is 8.90. The minimum atomic E-state index is -0.242. The van der Waals surface area contributed by atoms with Gasteiger partial charge in [-0.2, -0.15) is 0 Å². The van der Waals surface area contributed by atoms with Crippen molar-refractivity contribution in [3.8, 4) is 0 Å². The monoisotopic (exact) mass is 325 g/mol. The van der Waals surface area contributed by atoms with Crippen LogP contribution < -0.4 is 5.32 Å². The van der Waals surface area contributed by atoms with Crippen LogP contribution in [0.3, 0.4) is 0 Å². The van der Waals surface area contributed by atoms with Crippen LogP contribution in [-0.2, 0) is 18.4 Å². The Morgan fingerprint density at radius 1 is 1.17 bits per heavy atom. The van der Waals surface area contributed by atoms with E-state index in [1.54, 1.807) is 12.3 Å². The molecule has 126 valence electrons. The number of halogens is 1. The van der Waals surface area contributed by atoms with Gasteiger partial charge < -0.3 is 10.2 Å². The van der Waals surface area contributed by atoms with Crippen LogP contribution in [-0.4, -0.2) is 36.1 Å². The zero-order chi connectivity index (χ0) is 16.4. The van der Waals surface area contributed by atoms with E-state index in [9.17, 15) is 4.39 Å². The van der Waals surface area contributed by atoms with Gasteiger partial charge in [0.2, 0.25) is 0 Å². The van der Waals surface area contributed by atoms with Crippen molar-refractivity contribution in [1.82, 2.24) is 15.2 Å². The summed E-state index contributed by atoms with van der Waals surface area (Å²) in [5.41, 5.74) is 4.16. The fourth-order valence-corrected chi connectivity index (χ4v) is 4.22. The van der Waals surface area contributed by atoms with E-state index < -0.39 is 0 Å². The van der Waals surface area contributed by atoms with E-state index in [-0.39, 0.29) is 11.4 Å². The molecule has 0 radical (unpaired) electrons. The van der Waals surface area contributed by atoms with Gasteiger partial charge in [0.1, 0.15) is 5.82 Å². The highest BCUT2D eigenvalue weighted by Crippen LogP contribution is 2.37. The third-order valence-corrected chi connectivity index (χ3v) is 5.58. The van der Waals surface area contributed by atoms with Crippen LogP contribution in [0, 0.1) is 5.82 Å². The van der Waals surface area contributed by atoms with Gasteiger partial charge in [-0.15, -0.1) is 0 Å². The van der Waals surface area contributed by atoms with Crippen molar-refractivity contribution in [2.24, 2.45) is 0 Å². The Balaban J connectivity index is 1.39. The molecule has 3 heterocycles. The largest absolute Gasteiger partial charge is 0.307 e. The Hall–Kier alpha value is -1.78. The molecule has 1 N–H and O–H groups in total. The lowest BCUT2D eigenvalue weighted by molar-refractivity contribution is 0.130. The molecule has 1 fully saturated rings. The van der Waals surface area contributed by atoms with Gasteiger partial charge in [-0.25, -0.2) is 4.39 Å². The van der Waals surface area contributed by atoms with E-state index in [0.29, 0.717) is 0 Å². The lowest BCUT2D eigenvalue weighted by Gasteiger charge is -2.46. The number of hydrogen-bond donors (Lipinski definition) is 1. The minimum absolute atomic E-state index is 0.158. The smallest absolute Gasteiger partial charge is 0.141 e. The summed E-state index contributed by atoms with van der Waals surface area (Å²) >= 11 is 0. The summed E-state index contributed by atoms with van der Waals surface area (Å²) in [7, 11) is 0. The van der Waals surface area contributed by atoms with Crippen molar-refractivity contribution >= 4 is 0 Å². The third kappa shape index (κ3) is 3.08. The second-order valence-electron chi connectivity index (χ2n) is 7.02. The average Bonchev–Trinajstić information content (AvgIpc) is 2.62. The van der Waals surface area contributed by atoms with E-state index in [4.69, 9.17) is 0 Å². The highest BCUT2D eigenvalue weighted by atomic mass is 19.1. The third-order valence-electron chi connectivity index (χ3n) is 5.58. The van der Waals surface area contributed by atoms with Gasteiger partial charge in [-0.3, -0.25) is 4.98 Å². The number of benzene rings is 1. The fourth-order valence-electron chi connectivity index (χ4n) is 4.22. The molecule has 1 aromatic carbocycles. The highest BCUT2D eigenvalue weighted by molar-refractivity contribution is 5.37. The van der Waals surface area contributed by atoms with Gasteiger partial charge in [0.05, 0.1) is 6.20 Å². The van der Waals surface area contributed by atoms with E-state index >= 15 is 0 Å². The normalized spacial score (nSPS) is 20.0. The predicted octanol–water partition coefficient (Wildman–Crippen LogP) is 2.90. The van der Waals surface area contributed by atoms with Crippen LogP contribution in [0.1, 0.15) is 29.5 Å². The van der Waals surface area contributed by atoms with E-state index in [0.717, 1.165) is 57.4 Å². The first-order valence-electron chi connectivity index (χ1n) is 8.90. The molecule has 3 nitrogen and oxygen atoms in total. The summed E-state index contributed by atoms with van der Waals surface area (Å²) in [5, 5.41) is 3.81. The predicted molar refractivity (Wildman–Crippen MR) is 93.4 cm³/mol. The van der Waals surface area contributed by atoms with E-state index in [1.807, 2.05) is 0 Å². The van der Waals surface area contributed by atoms with Gasteiger partial charge in [0.15, 0.2) is 0 Å². The van der Waals surface area contributed by atoms with Crippen LogP contribution in [0.4, 0.5) is 4.39 Å². The number of nitrogens with zero attached hydrogens (tertiary/aromatic N) is 2. The van der Waals surface area contributed by atoms with Crippen molar-refractivity contribution in [2.75, 3.05) is 26.2 Å². The Morgan fingerprint density at radius 3 is 2.83 bits per heavy atom. The maximum Gasteiger partial charge on any atom is 0.141 e. The Morgan fingerprint density at radius 2 is 2.00 bits per heavy atom. The number of piperidine rings is 1. The van der Waals surface area contributed by atoms with Crippen LogP contribution in [0.2, 0.25) is 0 Å². The summed E-state index contributed by atoms with van der Waals surface area (Å²) < 4.78 is 13.2. The second-order valence-corrected chi connectivity index (χ2v) is 7.02. The van der Waals surface area contributed by atoms with Crippen molar-refractivity contribution in [2.45, 2.75) is 31.2 Å². The SMILES string of the molecule is Fc1cncc(CCN2CCC3(CC2)NCCc2ccccc23)c1. The molecule has 2 aliphatic heterocycles. The Bertz CT molecular complexity index is 708. The minimum Gasteiger partial charge on any atom is -0.307 e. The molecule has 0 amide bonds. The zero-order valence-electron chi connectivity index (χ0n) is 14.0. The summed E-state index contributed by atoms with van der Waals surface area (Å²) in [6, 6.07) is 10.5. The van der Waals surface area contributed by atoms with Gasteiger partial charge >= 0.3 is 0 Å². The summed E-state index contributed by atoms with van der Waals surface area (Å²) in [5.74, 6) is -0.242. The molecule has 2 aliphatic rings. The van der Waals surface area contributed by atoms with Crippen molar-refractivity contribution in [3.05, 3.63) is 65.2 Å². The summed E-state index contributed by atoms with van der Waals surface area (Å²) in [4.78, 5) is 6.43. The van der Waals surface area contributed by atoms with Gasteiger partial charge in [0.25, 0.3) is 0 Å². The molecule has 24 heavy (non-hydrogen) atoms. The second kappa shape index (κ2) is 6.61. The van der Waals surface area contributed by atoms with Crippen LogP contribution >= 0.6 is 0 Å². The van der Waals surface area contributed by atoms with Crippen LogP contribution in [0.25, 0.3) is 0 Å². The van der Waals surface area contributed by atoms with Crippen LogP contribution in [0.5, 0.6) is 0 Å². The number of aromatic nitrogens is 1. The van der Waals surface area contributed by atoms with E-state index in [1.165, 1.54) is 17.3 Å². The lowest BCUT2D eigenvalue weighted by Crippen LogP contribution is -2.54. The molecule has 4 rings (SSSR count). The zero-order valence-corrected chi connectivity index (χ0v) is 14.0. The van der Waals surface area contributed by atoms with Crippen molar-refractivity contribution < 1.29 is 4.39 Å². The molecule has 0 atom stereocenters. The summed E-state index contributed by atoms with van der Waals surface area (Å²) in [6.07, 6.45) is 7.32. The fraction of sp³-hybridized carbons (Fsp3) is 0.450. The quantitative estimate of drug-likeness (QED) is 0.940. The lowest BCUT2D eigenvalue weighted by atomic mass is 9.76. The molecule has 2 aromatic rings. The standard InChI is InChI=1S/C20H24FN3/c21-18-13-16(14-22-15-18)6-10-24-11-7-20(8-12-24)19-4-2-1-3-17(19)5-9-23-20/h1-4,13-15,23H,5-12H2. The Labute approximate surface area is 142 Å². The van der Waals surface area contributed by atoms with E-state index in [2.05, 4.69) is 39.5 Å². The number of rotatable bonds is 3. The average molecular weight is 325 g/mol. The topological polar surface area (TPSA) is 28.2 Å². The highest BCUT2D eigenvalue weighted by Gasteiger charge is 2.38. The first kappa shape index (κ1) is 15.7. The molecule has 0 unspecified atom stereocenters. The molecular weight excluding hydrogens is 301 g/mol. The molecule has 0 saturated carbocycles. The maximum absolute atomic E-state index is 13.2. The molecule has 1 spiro atoms. The van der Waals surface area contributed by atoms with Gasteiger partial charge in [-0.1, -0.05) is 24.3 Å². The first-order chi connectivity index (χ1) is 11.8. The number of hydrogen-bond acceptors (Lipinski definition) is 3. The molecule has 1 saturated heterocycles. The summed E-state index contributed by atoms with van der Waals surface area (Å²) in [6.45, 7) is 4.23. The number of pyridine rings is 1. The Kier molecular flexibility index (Phi) is 4.33. The molecule has 1 aromatic heterocycles. The molecule has 4 heteroatoms. The number of nitrogens with one attached hydrogen (secondary N) is 1. The van der Waals surface area contributed by atoms with Gasteiger partial charge in [-0.05, 0) is 48.4 Å². The number of likely N-dealkylation sites (tertiary alicyclic amines) is 1.